The molecule has 0 saturated carbocycles. The zero-order chi connectivity index (χ0) is 50.7. The highest BCUT2D eigenvalue weighted by atomic mass is 15.1. The molecule has 7 nitrogen and oxygen atoms in total. The second-order valence-corrected chi connectivity index (χ2v) is 20.1. The van der Waals surface area contributed by atoms with Gasteiger partial charge in [0.15, 0.2) is 17.5 Å². The van der Waals surface area contributed by atoms with Crippen LogP contribution in [0.5, 0.6) is 0 Å². The van der Waals surface area contributed by atoms with Crippen molar-refractivity contribution in [1.82, 2.24) is 33.2 Å². The van der Waals surface area contributed by atoms with Gasteiger partial charge in [-0.25, -0.2) is 15.0 Å². The summed E-state index contributed by atoms with van der Waals surface area (Å²) in [5.74, 6) is 1.73. The number of nitrogens with zero attached hydrogens (tertiary/aromatic N) is 7. The van der Waals surface area contributed by atoms with Gasteiger partial charge < -0.3 is 18.3 Å². The van der Waals surface area contributed by atoms with Crippen LogP contribution in [-0.2, 0) is 0 Å². The van der Waals surface area contributed by atoms with Gasteiger partial charge in [0.2, 0.25) is 0 Å². The average Bonchev–Trinajstić information content (AvgIpc) is 4.31. The maximum Gasteiger partial charge on any atom is 0.164 e. The molecular formula is C70H45N7. The van der Waals surface area contributed by atoms with Crippen LogP contribution < -0.4 is 0 Å². The third-order valence-electron chi connectivity index (χ3n) is 15.6. The number of fused-ring (bicyclic) bond motifs is 12. The van der Waals surface area contributed by atoms with Gasteiger partial charge in [0.25, 0.3) is 0 Å². The van der Waals surface area contributed by atoms with Crippen molar-refractivity contribution in [3.05, 3.63) is 260 Å². The number of aromatic nitrogens is 7. The fourth-order valence-corrected chi connectivity index (χ4v) is 12.3. The van der Waals surface area contributed by atoms with Crippen molar-refractivity contribution in [2.24, 2.45) is 0 Å². The molecule has 0 aliphatic heterocycles. The van der Waals surface area contributed by atoms with E-state index in [0.717, 1.165) is 89.1 Å². The summed E-state index contributed by atoms with van der Waals surface area (Å²) >= 11 is 0. The monoisotopic (exact) mass is 983 g/mol. The molecule has 16 rings (SSSR count). The standard InChI is InChI=1S/C70H45N7/c1-44-19-18-20-45(37-44)68-71-69(46-38-48(74-60-29-10-2-21-52(60)53-22-3-11-30-61(53)74)42-49(39-46)75-62-31-12-4-23-54(62)55-24-5-13-32-63(55)75)73-70(72-68)47-40-50(76-64-33-14-6-25-56(64)57-26-7-15-34-65(57)76)43-51(41-47)77-66-35-16-8-27-58(66)59-28-9-17-36-67(59)77/h2-43H,1H3. The molecule has 360 valence electrons. The molecule has 0 bridgehead atoms. The van der Waals surface area contributed by atoms with Crippen molar-refractivity contribution < 1.29 is 0 Å². The number of aryl methyl sites for hydroxylation is 1. The molecule has 0 atom stereocenters. The molecule has 11 aromatic carbocycles. The summed E-state index contributed by atoms with van der Waals surface area (Å²) in [4.78, 5) is 16.6. The van der Waals surface area contributed by atoms with Crippen LogP contribution in [0.4, 0.5) is 0 Å². The van der Waals surface area contributed by atoms with Crippen LogP contribution in [-0.4, -0.2) is 33.2 Å². The van der Waals surface area contributed by atoms with E-state index >= 15 is 0 Å². The average molecular weight is 984 g/mol. The number of para-hydroxylation sites is 8. The van der Waals surface area contributed by atoms with Crippen LogP contribution in [0.1, 0.15) is 5.56 Å². The van der Waals surface area contributed by atoms with Crippen LogP contribution in [0.3, 0.4) is 0 Å². The van der Waals surface area contributed by atoms with Crippen LogP contribution >= 0.6 is 0 Å². The molecule has 0 saturated heterocycles. The molecule has 0 fully saturated rings. The van der Waals surface area contributed by atoms with Crippen LogP contribution in [0.25, 0.3) is 144 Å². The molecule has 5 aromatic heterocycles. The Morgan fingerprint density at radius 3 is 0.701 bits per heavy atom. The molecule has 0 unspecified atom stereocenters. The van der Waals surface area contributed by atoms with Crippen LogP contribution in [0, 0.1) is 6.92 Å². The largest absolute Gasteiger partial charge is 0.309 e. The van der Waals surface area contributed by atoms with Crippen molar-refractivity contribution in [2.45, 2.75) is 6.92 Å². The molecule has 16 aromatic rings. The number of rotatable bonds is 7. The Labute approximate surface area is 442 Å². The summed E-state index contributed by atoms with van der Waals surface area (Å²) in [6.07, 6.45) is 0. The van der Waals surface area contributed by atoms with Crippen molar-refractivity contribution in [2.75, 3.05) is 0 Å². The first-order chi connectivity index (χ1) is 38.1. The van der Waals surface area contributed by atoms with Crippen molar-refractivity contribution in [3.63, 3.8) is 0 Å². The number of hydrogen-bond acceptors (Lipinski definition) is 3. The van der Waals surface area contributed by atoms with E-state index in [-0.39, 0.29) is 0 Å². The van der Waals surface area contributed by atoms with E-state index in [1.807, 2.05) is 0 Å². The third kappa shape index (κ3) is 6.67. The topological polar surface area (TPSA) is 58.4 Å². The predicted octanol–water partition coefficient (Wildman–Crippen LogP) is 17.6. The minimum absolute atomic E-state index is 0.567. The van der Waals surface area contributed by atoms with Gasteiger partial charge in [-0.15, -0.1) is 0 Å². The Balaban J connectivity index is 1.01. The van der Waals surface area contributed by atoms with Crippen molar-refractivity contribution >= 4 is 87.2 Å². The van der Waals surface area contributed by atoms with E-state index in [2.05, 4.69) is 280 Å². The Morgan fingerprint density at radius 2 is 0.455 bits per heavy atom. The SMILES string of the molecule is Cc1cccc(-c2nc(-c3cc(-n4c5ccccc5c5ccccc54)cc(-n4c5ccccc5c5ccccc54)c3)nc(-c3cc(-n4c5ccccc5c5ccccc54)cc(-n4c5ccccc5c5ccccc54)c3)n2)c1. The normalized spacial score (nSPS) is 12.0. The molecule has 0 radical (unpaired) electrons. The van der Waals surface area contributed by atoms with E-state index in [9.17, 15) is 0 Å². The van der Waals surface area contributed by atoms with Gasteiger partial charge in [-0.1, -0.05) is 169 Å². The molecule has 7 heteroatoms. The lowest BCUT2D eigenvalue weighted by Gasteiger charge is -2.17. The lowest BCUT2D eigenvalue weighted by Crippen LogP contribution is -2.05. The van der Waals surface area contributed by atoms with Gasteiger partial charge in [0.1, 0.15) is 0 Å². The van der Waals surface area contributed by atoms with E-state index in [1.165, 1.54) is 43.1 Å². The lowest BCUT2D eigenvalue weighted by atomic mass is 10.1. The maximum absolute atomic E-state index is 5.65. The Kier molecular flexibility index (Phi) is 9.41. The molecular weight excluding hydrogens is 939 g/mol. The first kappa shape index (κ1) is 43.1. The van der Waals surface area contributed by atoms with Crippen LogP contribution in [0.15, 0.2) is 255 Å². The van der Waals surface area contributed by atoms with E-state index < -0.39 is 0 Å². The summed E-state index contributed by atoms with van der Waals surface area (Å²) in [6.45, 7) is 2.12. The lowest BCUT2D eigenvalue weighted by molar-refractivity contribution is 1.06. The number of hydrogen-bond donors (Lipinski definition) is 0. The second-order valence-electron chi connectivity index (χ2n) is 20.1. The zero-order valence-corrected chi connectivity index (χ0v) is 41.9. The summed E-state index contributed by atoms with van der Waals surface area (Å²) in [5, 5.41) is 9.54. The molecule has 77 heavy (non-hydrogen) atoms. The second kappa shape index (κ2) is 16.8. The maximum atomic E-state index is 5.65. The summed E-state index contributed by atoms with van der Waals surface area (Å²) in [6, 6.07) is 91.7. The van der Waals surface area contributed by atoms with Gasteiger partial charge in [-0.2, -0.15) is 0 Å². The van der Waals surface area contributed by atoms with Crippen molar-refractivity contribution in [3.8, 4) is 56.9 Å². The first-order valence-electron chi connectivity index (χ1n) is 26.2. The molecule has 5 heterocycles. The van der Waals surface area contributed by atoms with E-state index in [0.29, 0.717) is 17.5 Å². The fourth-order valence-electron chi connectivity index (χ4n) is 12.3. The summed E-state index contributed by atoms with van der Waals surface area (Å²) < 4.78 is 9.56. The van der Waals surface area contributed by atoms with Crippen LogP contribution in [0.2, 0.25) is 0 Å². The van der Waals surface area contributed by atoms with Gasteiger partial charge in [0, 0.05) is 82.5 Å². The highest BCUT2D eigenvalue weighted by Crippen LogP contribution is 2.41. The fraction of sp³-hybridized carbons (Fsp3) is 0.0143. The van der Waals surface area contributed by atoms with Crippen molar-refractivity contribution in [1.29, 1.82) is 0 Å². The molecule has 0 amide bonds. The Hall–Kier alpha value is -10.4. The highest BCUT2D eigenvalue weighted by molar-refractivity contribution is 6.12. The quantitative estimate of drug-likeness (QED) is 0.160. The third-order valence-corrected chi connectivity index (χ3v) is 15.6. The Bertz CT molecular complexity index is 4310. The van der Waals surface area contributed by atoms with Gasteiger partial charge >= 0.3 is 0 Å². The van der Waals surface area contributed by atoms with Gasteiger partial charge in [-0.3, -0.25) is 0 Å². The first-order valence-corrected chi connectivity index (χ1v) is 26.2. The number of benzene rings is 11. The zero-order valence-electron chi connectivity index (χ0n) is 41.9. The summed E-state index contributed by atoms with van der Waals surface area (Å²) in [7, 11) is 0. The minimum atomic E-state index is 0.567. The summed E-state index contributed by atoms with van der Waals surface area (Å²) in [5.41, 5.74) is 16.7. The highest BCUT2D eigenvalue weighted by Gasteiger charge is 2.22. The van der Waals surface area contributed by atoms with Gasteiger partial charge in [0.05, 0.1) is 44.1 Å². The molecule has 0 aliphatic carbocycles. The van der Waals surface area contributed by atoms with E-state index in [4.69, 9.17) is 15.0 Å². The van der Waals surface area contributed by atoms with Gasteiger partial charge in [-0.05, 0) is 97.9 Å². The Morgan fingerprint density at radius 1 is 0.221 bits per heavy atom. The smallest absolute Gasteiger partial charge is 0.164 e. The predicted molar refractivity (Wildman–Crippen MR) is 318 cm³/mol. The van der Waals surface area contributed by atoms with E-state index in [1.54, 1.807) is 0 Å². The minimum Gasteiger partial charge on any atom is -0.309 e. The molecule has 0 N–H and O–H groups in total. The molecule has 0 spiro atoms. The molecule has 0 aliphatic rings.